The van der Waals surface area contributed by atoms with E-state index < -0.39 is 0 Å². The van der Waals surface area contributed by atoms with Gasteiger partial charge in [0.1, 0.15) is 17.2 Å². The Kier molecular flexibility index (Phi) is 2.78. The number of hydrogen-bond donors (Lipinski definition) is 0. The van der Waals surface area contributed by atoms with Crippen LogP contribution in [0.2, 0.25) is 0 Å². The number of halogens is 2. The predicted octanol–water partition coefficient (Wildman–Crippen LogP) is 2.95. The monoisotopic (exact) mass is 278 g/mol. The number of aromatic nitrogens is 4. The molecule has 0 radical (unpaired) electrons. The SMILES string of the molecule is Cc1nn(C)c2c1nc(CCl)n2-c1cccc(F)c1. The maximum Gasteiger partial charge on any atom is 0.163 e. The van der Waals surface area contributed by atoms with Gasteiger partial charge in [-0.2, -0.15) is 5.10 Å². The highest BCUT2D eigenvalue weighted by atomic mass is 35.5. The van der Waals surface area contributed by atoms with E-state index in [9.17, 15) is 4.39 Å². The summed E-state index contributed by atoms with van der Waals surface area (Å²) in [6.45, 7) is 1.89. The Labute approximate surface area is 114 Å². The first kappa shape index (κ1) is 12.2. The number of alkyl halides is 1. The molecule has 0 aliphatic carbocycles. The molecule has 6 heteroatoms. The summed E-state index contributed by atoms with van der Waals surface area (Å²) in [6.07, 6.45) is 0. The highest BCUT2D eigenvalue weighted by molar-refractivity contribution is 6.17. The van der Waals surface area contributed by atoms with Gasteiger partial charge in [-0.15, -0.1) is 11.6 Å². The van der Waals surface area contributed by atoms with Crippen LogP contribution in [0.25, 0.3) is 16.9 Å². The van der Waals surface area contributed by atoms with E-state index in [1.165, 1.54) is 12.1 Å². The second-order valence-corrected chi connectivity index (χ2v) is 4.63. The van der Waals surface area contributed by atoms with Crippen LogP contribution in [0.4, 0.5) is 4.39 Å². The van der Waals surface area contributed by atoms with E-state index in [-0.39, 0.29) is 11.7 Å². The first-order valence-corrected chi connectivity index (χ1v) is 6.38. The molecule has 1 aromatic carbocycles. The van der Waals surface area contributed by atoms with Crippen LogP contribution in [-0.4, -0.2) is 19.3 Å². The van der Waals surface area contributed by atoms with E-state index in [4.69, 9.17) is 11.6 Å². The zero-order valence-electron chi connectivity index (χ0n) is 10.6. The fourth-order valence-electron chi connectivity index (χ4n) is 2.29. The van der Waals surface area contributed by atoms with Crippen molar-refractivity contribution in [1.29, 1.82) is 0 Å². The Morgan fingerprint density at radius 3 is 2.84 bits per heavy atom. The molecule has 0 spiro atoms. The van der Waals surface area contributed by atoms with Crippen molar-refractivity contribution in [2.24, 2.45) is 7.05 Å². The Bertz CT molecular complexity index is 759. The van der Waals surface area contributed by atoms with Gasteiger partial charge >= 0.3 is 0 Å². The van der Waals surface area contributed by atoms with E-state index in [1.807, 2.05) is 24.6 Å². The molecule has 2 aromatic heterocycles. The third-order valence-electron chi connectivity index (χ3n) is 3.06. The summed E-state index contributed by atoms with van der Waals surface area (Å²) in [6, 6.07) is 6.35. The first-order valence-electron chi connectivity index (χ1n) is 5.84. The van der Waals surface area contributed by atoms with Crippen LogP contribution in [0.1, 0.15) is 11.5 Å². The second-order valence-electron chi connectivity index (χ2n) is 4.36. The Balaban J connectivity index is 2.38. The second kappa shape index (κ2) is 4.35. The highest BCUT2D eigenvalue weighted by Crippen LogP contribution is 2.24. The molecule has 3 rings (SSSR count). The van der Waals surface area contributed by atoms with Crippen LogP contribution in [-0.2, 0) is 12.9 Å². The fourth-order valence-corrected chi connectivity index (χ4v) is 2.47. The van der Waals surface area contributed by atoms with Gasteiger partial charge in [-0.1, -0.05) is 6.07 Å². The van der Waals surface area contributed by atoms with Crippen molar-refractivity contribution in [2.45, 2.75) is 12.8 Å². The van der Waals surface area contributed by atoms with E-state index >= 15 is 0 Å². The van der Waals surface area contributed by atoms with E-state index in [0.717, 1.165) is 16.9 Å². The van der Waals surface area contributed by atoms with Gasteiger partial charge in [0.2, 0.25) is 0 Å². The molecule has 98 valence electrons. The van der Waals surface area contributed by atoms with Crippen LogP contribution in [0.5, 0.6) is 0 Å². The number of fused-ring (bicyclic) bond motifs is 1. The lowest BCUT2D eigenvalue weighted by Gasteiger charge is -2.08. The van der Waals surface area contributed by atoms with Gasteiger partial charge in [-0.25, -0.2) is 14.1 Å². The summed E-state index contributed by atoms with van der Waals surface area (Å²) in [5.41, 5.74) is 3.14. The number of aryl methyl sites for hydroxylation is 2. The number of benzene rings is 1. The minimum Gasteiger partial charge on any atom is -0.280 e. The van der Waals surface area contributed by atoms with Crippen LogP contribution < -0.4 is 0 Å². The summed E-state index contributed by atoms with van der Waals surface area (Å²) < 4.78 is 17.0. The van der Waals surface area contributed by atoms with E-state index in [1.54, 1.807) is 10.7 Å². The van der Waals surface area contributed by atoms with Crippen molar-refractivity contribution in [2.75, 3.05) is 0 Å². The molecule has 0 amide bonds. The molecular weight excluding hydrogens is 267 g/mol. The average Bonchev–Trinajstić information content (AvgIpc) is 2.88. The van der Waals surface area contributed by atoms with Crippen molar-refractivity contribution in [3.05, 3.63) is 41.6 Å². The van der Waals surface area contributed by atoms with E-state index in [2.05, 4.69) is 10.1 Å². The molecule has 0 bridgehead atoms. The van der Waals surface area contributed by atoms with E-state index in [0.29, 0.717) is 11.5 Å². The molecule has 0 saturated carbocycles. The van der Waals surface area contributed by atoms with Crippen LogP contribution in [0, 0.1) is 12.7 Å². The Hall–Kier alpha value is -1.88. The molecule has 19 heavy (non-hydrogen) atoms. The lowest BCUT2D eigenvalue weighted by atomic mass is 10.3. The molecule has 0 aliphatic rings. The van der Waals surface area contributed by atoms with Gasteiger partial charge in [-0.05, 0) is 25.1 Å². The number of nitrogens with zero attached hydrogens (tertiary/aromatic N) is 4. The molecule has 2 heterocycles. The number of imidazole rings is 1. The van der Waals surface area contributed by atoms with Crippen molar-refractivity contribution < 1.29 is 4.39 Å². The summed E-state index contributed by atoms with van der Waals surface area (Å²) in [4.78, 5) is 4.48. The Morgan fingerprint density at radius 1 is 1.37 bits per heavy atom. The minimum atomic E-state index is -0.293. The summed E-state index contributed by atoms with van der Waals surface area (Å²) in [5, 5.41) is 4.33. The maximum absolute atomic E-state index is 13.4. The molecule has 4 nitrogen and oxygen atoms in total. The lowest BCUT2D eigenvalue weighted by molar-refractivity contribution is 0.626. The molecule has 0 N–H and O–H groups in total. The maximum atomic E-state index is 13.4. The third kappa shape index (κ3) is 1.81. The molecule has 0 fully saturated rings. The highest BCUT2D eigenvalue weighted by Gasteiger charge is 2.18. The van der Waals surface area contributed by atoms with Crippen LogP contribution in [0.3, 0.4) is 0 Å². The van der Waals surface area contributed by atoms with Gasteiger partial charge in [0.15, 0.2) is 5.65 Å². The van der Waals surface area contributed by atoms with Crippen molar-refractivity contribution in [1.82, 2.24) is 19.3 Å². The topological polar surface area (TPSA) is 35.6 Å². The van der Waals surface area contributed by atoms with Crippen LogP contribution in [0.15, 0.2) is 24.3 Å². The summed E-state index contributed by atoms with van der Waals surface area (Å²) in [5.74, 6) is 0.641. The smallest absolute Gasteiger partial charge is 0.163 e. The van der Waals surface area contributed by atoms with Crippen LogP contribution >= 0.6 is 11.6 Å². The van der Waals surface area contributed by atoms with Gasteiger partial charge in [0.05, 0.1) is 17.3 Å². The number of hydrogen-bond acceptors (Lipinski definition) is 2. The van der Waals surface area contributed by atoms with Crippen molar-refractivity contribution >= 4 is 22.8 Å². The normalized spacial score (nSPS) is 11.4. The quantitative estimate of drug-likeness (QED) is 0.676. The summed E-state index contributed by atoms with van der Waals surface area (Å²) >= 11 is 5.95. The summed E-state index contributed by atoms with van der Waals surface area (Å²) in [7, 11) is 1.84. The predicted molar refractivity (Wildman–Crippen MR) is 72.1 cm³/mol. The molecule has 0 saturated heterocycles. The number of rotatable bonds is 2. The Morgan fingerprint density at radius 2 is 2.16 bits per heavy atom. The molecule has 3 aromatic rings. The van der Waals surface area contributed by atoms with Gasteiger partial charge in [0, 0.05) is 7.05 Å². The first-order chi connectivity index (χ1) is 9.11. The largest absolute Gasteiger partial charge is 0.280 e. The fraction of sp³-hybridized carbons (Fsp3) is 0.231. The lowest BCUT2D eigenvalue weighted by Crippen LogP contribution is -2.04. The zero-order chi connectivity index (χ0) is 13.6. The molecule has 0 unspecified atom stereocenters. The third-order valence-corrected chi connectivity index (χ3v) is 3.30. The standard InChI is InChI=1S/C13H12ClFN4/c1-8-12-13(18(2)17-8)19(11(7-14)16-12)10-5-3-4-9(15)6-10/h3-6H,7H2,1-2H3. The van der Waals surface area contributed by atoms with Gasteiger partial charge in [0.25, 0.3) is 0 Å². The van der Waals surface area contributed by atoms with Gasteiger partial charge in [-0.3, -0.25) is 4.57 Å². The molecule has 0 aliphatic heterocycles. The van der Waals surface area contributed by atoms with Crippen molar-refractivity contribution in [3.8, 4) is 5.69 Å². The minimum absolute atomic E-state index is 0.255. The zero-order valence-corrected chi connectivity index (χ0v) is 11.3. The molecular formula is C13H12ClFN4. The average molecular weight is 279 g/mol. The van der Waals surface area contributed by atoms with Gasteiger partial charge < -0.3 is 0 Å². The molecule has 0 atom stereocenters. The van der Waals surface area contributed by atoms with Crippen molar-refractivity contribution in [3.63, 3.8) is 0 Å².